The minimum Gasteiger partial charge on any atom is -0.378 e. The highest BCUT2D eigenvalue weighted by molar-refractivity contribution is 5.45. The van der Waals surface area contributed by atoms with Gasteiger partial charge in [-0.2, -0.15) is 4.98 Å². The summed E-state index contributed by atoms with van der Waals surface area (Å²) in [7, 11) is 0. The van der Waals surface area contributed by atoms with Crippen LogP contribution < -0.4 is 10.2 Å². The van der Waals surface area contributed by atoms with Crippen molar-refractivity contribution in [1.82, 2.24) is 14.9 Å². The lowest BCUT2D eigenvalue weighted by atomic mass is 10.2. The van der Waals surface area contributed by atoms with Crippen molar-refractivity contribution in [2.24, 2.45) is 0 Å². The van der Waals surface area contributed by atoms with Crippen LogP contribution >= 0.6 is 0 Å². The Kier molecular flexibility index (Phi) is 7.72. The van der Waals surface area contributed by atoms with Crippen LogP contribution in [-0.2, 0) is 4.74 Å². The van der Waals surface area contributed by atoms with E-state index in [9.17, 15) is 0 Å². The minimum absolute atomic E-state index is 0.375. The largest absolute Gasteiger partial charge is 0.378 e. The fourth-order valence-electron chi connectivity index (χ4n) is 3.02. The molecule has 6 heteroatoms. The maximum Gasteiger partial charge on any atom is 0.225 e. The molecule has 1 saturated heterocycles. The number of nitrogens with one attached hydrogen (secondary N) is 1. The highest BCUT2D eigenvalue weighted by atomic mass is 16.5. The number of hydrogen-bond acceptors (Lipinski definition) is 6. The topological polar surface area (TPSA) is 53.5 Å². The molecule has 6 nitrogen and oxygen atoms in total. The number of hydrogen-bond donors (Lipinski definition) is 1. The quantitative estimate of drug-likeness (QED) is 0.748. The van der Waals surface area contributed by atoms with Crippen LogP contribution in [0, 0.1) is 6.92 Å². The van der Waals surface area contributed by atoms with Crippen LogP contribution in [0.4, 0.5) is 11.8 Å². The van der Waals surface area contributed by atoms with Gasteiger partial charge in [-0.3, -0.25) is 0 Å². The first-order valence-electron chi connectivity index (χ1n) is 9.29. The maximum atomic E-state index is 5.42. The van der Waals surface area contributed by atoms with Gasteiger partial charge in [-0.15, -0.1) is 0 Å². The van der Waals surface area contributed by atoms with Crippen molar-refractivity contribution in [3.8, 4) is 0 Å². The smallest absolute Gasteiger partial charge is 0.225 e. The predicted molar refractivity (Wildman–Crippen MR) is 99.9 cm³/mol. The average molecular weight is 335 g/mol. The van der Waals surface area contributed by atoms with Gasteiger partial charge in [0.15, 0.2) is 0 Å². The van der Waals surface area contributed by atoms with Gasteiger partial charge in [0.25, 0.3) is 0 Å². The first-order chi connectivity index (χ1) is 11.6. The molecule has 0 spiro atoms. The lowest BCUT2D eigenvalue weighted by Crippen LogP contribution is -2.37. The Morgan fingerprint density at radius 2 is 1.96 bits per heavy atom. The summed E-state index contributed by atoms with van der Waals surface area (Å²) in [5.41, 5.74) is 1.00. The van der Waals surface area contributed by atoms with Crippen LogP contribution in [-0.4, -0.2) is 66.8 Å². The van der Waals surface area contributed by atoms with Crippen molar-refractivity contribution in [3.63, 3.8) is 0 Å². The third-order valence-electron chi connectivity index (χ3n) is 4.56. The molecule has 1 aromatic heterocycles. The Labute approximate surface area is 146 Å². The molecule has 0 aromatic carbocycles. The summed E-state index contributed by atoms with van der Waals surface area (Å²) in [5.74, 6) is 1.75. The van der Waals surface area contributed by atoms with E-state index in [1.54, 1.807) is 0 Å². The van der Waals surface area contributed by atoms with Gasteiger partial charge in [-0.05, 0) is 46.3 Å². The molecule has 1 unspecified atom stereocenters. The zero-order valence-corrected chi connectivity index (χ0v) is 15.7. The zero-order chi connectivity index (χ0) is 17.4. The van der Waals surface area contributed by atoms with Gasteiger partial charge in [0.1, 0.15) is 5.82 Å². The lowest BCUT2D eigenvalue weighted by molar-refractivity contribution is 0.122. The zero-order valence-electron chi connectivity index (χ0n) is 15.7. The molecule has 136 valence electrons. The molecular weight excluding hydrogens is 302 g/mol. The van der Waals surface area contributed by atoms with Crippen LogP contribution in [0.5, 0.6) is 0 Å². The second kappa shape index (κ2) is 9.79. The standard InChI is InChI=1S/C18H33N5O/c1-5-22(6-2)9-7-8-15(3)19-18-20-16(4)14-17(21-18)23-10-12-24-13-11-23/h14-15H,5-13H2,1-4H3,(H,19,20,21). The third-order valence-corrected chi connectivity index (χ3v) is 4.56. The van der Waals surface area contributed by atoms with Crippen molar-refractivity contribution in [3.05, 3.63) is 11.8 Å². The van der Waals surface area contributed by atoms with E-state index in [0.717, 1.165) is 69.8 Å². The second-order valence-corrected chi connectivity index (χ2v) is 6.51. The van der Waals surface area contributed by atoms with Crippen LogP contribution in [0.25, 0.3) is 0 Å². The average Bonchev–Trinajstić information content (AvgIpc) is 2.59. The van der Waals surface area contributed by atoms with Crippen LogP contribution in [0.2, 0.25) is 0 Å². The van der Waals surface area contributed by atoms with Crippen molar-refractivity contribution >= 4 is 11.8 Å². The van der Waals surface area contributed by atoms with E-state index in [0.29, 0.717) is 6.04 Å². The summed E-state index contributed by atoms with van der Waals surface area (Å²) in [6.07, 6.45) is 2.32. The van der Waals surface area contributed by atoms with E-state index in [-0.39, 0.29) is 0 Å². The summed E-state index contributed by atoms with van der Waals surface area (Å²) in [5, 5.41) is 3.47. The SMILES string of the molecule is CCN(CC)CCCC(C)Nc1nc(C)cc(N2CCOCC2)n1. The van der Waals surface area contributed by atoms with Crippen LogP contribution in [0.3, 0.4) is 0 Å². The van der Waals surface area contributed by atoms with E-state index in [2.05, 4.69) is 46.9 Å². The molecule has 0 bridgehead atoms. The van der Waals surface area contributed by atoms with Gasteiger partial charge in [-0.1, -0.05) is 13.8 Å². The summed E-state index contributed by atoms with van der Waals surface area (Å²) in [4.78, 5) is 14.0. The molecule has 1 N–H and O–H groups in total. The highest BCUT2D eigenvalue weighted by Crippen LogP contribution is 2.17. The van der Waals surface area contributed by atoms with E-state index in [1.807, 2.05) is 6.92 Å². The molecule has 1 aromatic rings. The molecule has 0 radical (unpaired) electrons. The number of aromatic nitrogens is 2. The van der Waals surface area contributed by atoms with Gasteiger partial charge in [0.05, 0.1) is 13.2 Å². The predicted octanol–water partition coefficient (Wildman–Crippen LogP) is 2.54. The molecule has 0 saturated carbocycles. The normalized spacial score (nSPS) is 16.5. The summed E-state index contributed by atoms with van der Waals surface area (Å²) < 4.78 is 5.42. The fraction of sp³-hybridized carbons (Fsp3) is 0.778. The van der Waals surface area contributed by atoms with Gasteiger partial charge < -0.3 is 19.9 Å². The van der Waals surface area contributed by atoms with Gasteiger partial charge >= 0.3 is 0 Å². The van der Waals surface area contributed by atoms with Crippen LogP contribution in [0.1, 0.15) is 39.3 Å². The lowest BCUT2D eigenvalue weighted by Gasteiger charge is -2.28. The monoisotopic (exact) mass is 335 g/mol. The third kappa shape index (κ3) is 5.91. The summed E-state index contributed by atoms with van der Waals surface area (Å²) >= 11 is 0. The molecule has 1 atom stereocenters. The molecule has 24 heavy (non-hydrogen) atoms. The molecular formula is C18H33N5O. The Bertz CT molecular complexity index is 486. The van der Waals surface area contributed by atoms with Gasteiger partial charge in [0, 0.05) is 30.9 Å². The molecule has 1 aliphatic rings. The summed E-state index contributed by atoms with van der Waals surface area (Å²) in [6, 6.07) is 2.43. The van der Waals surface area contributed by atoms with E-state index in [4.69, 9.17) is 9.72 Å². The Balaban J connectivity index is 1.87. The number of nitrogens with zero attached hydrogens (tertiary/aromatic N) is 4. The Hall–Kier alpha value is -1.40. The summed E-state index contributed by atoms with van der Waals surface area (Å²) in [6.45, 7) is 15.4. The number of rotatable bonds is 9. The molecule has 0 aliphatic carbocycles. The molecule has 1 fully saturated rings. The Morgan fingerprint density at radius 1 is 1.25 bits per heavy atom. The molecule has 2 rings (SSSR count). The fourth-order valence-corrected chi connectivity index (χ4v) is 3.02. The van der Waals surface area contributed by atoms with Crippen molar-refractivity contribution < 1.29 is 4.74 Å². The second-order valence-electron chi connectivity index (χ2n) is 6.51. The first kappa shape index (κ1) is 18.9. The molecule has 0 amide bonds. The number of aryl methyl sites for hydroxylation is 1. The van der Waals surface area contributed by atoms with Gasteiger partial charge in [-0.25, -0.2) is 4.98 Å². The van der Waals surface area contributed by atoms with Gasteiger partial charge in [0.2, 0.25) is 5.95 Å². The van der Waals surface area contributed by atoms with E-state index < -0.39 is 0 Å². The van der Waals surface area contributed by atoms with Crippen molar-refractivity contribution in [1.29, 1.82) is 0 Å². The minimum atomic E-state index is 0.375. The number of ether oxygens (including phenoxy) is 1. The van der Waals surface area contributed by atoms with Crippen LogP contribution in [0.15, 0.2) is 6.07 Å². The molecule has 1 aliphatic heterocycles. The highest BCUT2D eigenvalue weighted by Gasteiger charge is 2.15. The van der Waals surface area contributed by atoms with E-state index >= 15 is 0 Å². The Morgan fingerprint density at radius 3 is 2.62 bits per heavy atom. The van der Waals surface area contributed by atoms with Crippen molar-refractivity contribution in [2.45, 2.75) is 46.6 Å². The van der Waals surface area contributed by atoms with E-state index in [1.165, 1.54) is 6.42 Å². The van der Waals surface area contributed by atoms with Crippen molar-refractivity contribution in [2.75, 3.05) is 56.2 Å². The first-order valence-corrected chi connectivity index (χ1v) is 9.29. The number of anilines is 2. The number of morpholine rings is 1. The maximum absolute atomic E-state index is 5.42. The molecule has 2 heterocycles.